The first kappa shape index (κ1) is 36.4. The molecule has 0 rings (SSSR count). The molecule has 0 aliphatic rings. The van der Waals surface area contributed by atoms with E-state index in [2.05, 4.69) is 27.8 Å². The van der Waals surface area contributed by atoms with Crippen LogP contribution in [0.25, 0.3) is 0 Å². The maximum atomic E-state index is 12.0. The van der Waals surface area contributed by atoms with Crippen LogP contribution in [0.5, 0.6) is 0 Å². The van der Waals surface area contributed by atoms with Crippen molar-refractivity contribution < 1.29 is 14.4 Å². The molecule has 224 valence electrons. The smallest absolute Gasteiger partial charge is 0.220 e. The summed E-state index contributed by atoms with van der Waals surface area (Å²) in [5.74, 6) is -0.200. The van der Waals surface area contributed by atoms with Crippen molar-refractivity contribution in [2.24, 2.45) is 0 Å². The minimum atomic E-state index is -0.157. The van der Waals surface area contributed by atoms with Crippen LogP contribution in [0.15, 0.2) is 0 Å². The maximum absolute atomic E-state index is 12.0. The molecule has 0 aromatic carbocycles. The molecule has 0 atom stereocenters. The zero-order valence-corrected chi connectivity index (χ0v) is 25.3. The minimum absolute atomic E-state index is 0.0531. The summed E-state index contributed by atoms with van der Waals surface area (Å²) >= 11 is 0. The van der Waals surface area contributed by atoms with Crippen LogP contribution < -0.4 is 16.0 Å². The highest BCUT2D eigenvalue weighted by molar-refractivity contribution is 5.83. The van der Waals surface area contributed by atoms with Crippen molar-refractivity contribution in [2.75, 3.05) is 40.3 Å². The van der Waals surface area contributed by atoms with Gasteiger partial charge in [0, 0.05) is 38.9 Å². The average Bonchev–Trinajstić information content (AvgIpc) is 2.89. The normalized spacial score (nSPS) is 11.1. The summed E-state index contributed by atoms with van der Waals surface area (Å²) in [4.78, 5) is 37.6. The van der Waals surface area contributed by atoms with Crippen LogP contribution in [0.1, 0.15) is 142 Å². The van der Waals surface area contributed by atoms with Crippen molar-refractivity contribution in [1.82, 2.24) is 20.9 Å². The highest BCUT2D eigenvalue weighted by Gasteiger charge is 2.07. The molecule has 3 N–H and O–H groups in total. The van der Waals surface area contributed by atoms with E-state index >= 15 is 0 Å². The van der Waals surface area contributed by atoms with E-state index in [0.29, 0.717) is 26.1 Å². The number of hydrogen-bond donors (Lipinski definition) is 3. The molecule has 0 spiro atoms. The zero-order chi connectivity index (χ0) is 28.1. The molecular weight excluding hydrogens is 476 g/mol. The summed E-state index contributed by atoms with van der Waals surface area (Å²) in [6.07, 6.45) is 24.5. The van der Waals surface area contributed by atoms with Gasteiger partial charge in [-0.15, -0.1) is 0 Å². The first-order chi connectivity index (χ1) is 18.5. The van der Waals surface area contributed by atoms with Gasteiger partial charge in [-0.3, -0.25) is 14.4 Å². The molecule has 0 aromatic heterocycles. The molecule has 0 saturated carbocycles. The Labute approximate surface area is 235 Å². The number of nitrogens with one attached hydrogen (secondary N) is 3. The number of hydrogen-bond acceptors (Lipinski definition) is 4. The quantitative estimate of drug-likeness (QED) is 0.105. The summed E-state index contributed by atoms with van der Waals surface area (Å²) < 4.78 is 0. The van der Waals surface area contributed by atoms with E-state index in [1.54, 1.807) is 0 Å². The van der Waals surface area contributed by atoms with E-state index in [-0.39, 0.29) is 30.6 Å². The Bertz CT molecular complexity index is 569. The van der Waals surface area contributed by atoms with Gasteiger partial charge in [0.05, 0.1) is 0 Å². The van der Waals surface area contributed by atoms with E-state index < -0.39 is 0 Å². The molecule has 7 heteroatoms. The molecule has 0 aliphatic carbocycles. The van der Waals surface area contributed by atoms with E-state index in [1.165, 1.54) is 96.3 Å². The molecule has 0 saturated heterocycles. The average molecular weight is 539 g/mol. The number of nitrogens with zero attached hydrogens (tertiary/aromatic N) is 1. The van der Waals surface area contributed by atoms with Crippen LogP contribution in [0.3, 0.4) is 0 Å². The van der Waals surface area contributed by atoms with Gasteiger partial charge in [-0.1, -0.05) is 110 Å². The van der Waals surface area contributed by atoms with Gasteiger partial charge in [0.2, 0.25) is 17.7 Å². The van der Waals surface area contributed by atoms with Crippen molar-refractivity contribution in [3.63, 3.8) is 0 Å². The van der Waals surface area contributed by atoms with Crippen LogP contribution >= 0.6 is 0 Å². The molecule has 0 aliphatic heterocycles. The number of carbonyl (C=O) groups excluding carboxylic acids is 3. The van der Waals surface area contributed by atoms with Gasteiger partial charge in [0.15, 0.2) is 0 Å². The maximum Gasteiger partial charge on any atom is 0.220 e. The van der Waals surface area contributed by atoms with Gasteiger partial charge in [-0.2, -0.15) is 0 Å². The predicted octanol–water partition coefficient (Wildman–Crippen LogP) is 6.11. The van der Waals surface area contributed by atoms with Gasteiger partial charge in [0.25, 0.3) is 0 Å². The van der Waals surface area contributed by atoms with Crippen LogP contribution in [0.2, 0.25) is 0 Å². The Morgan fingerprint density at radius 1 is 0.447 bits per heavy atom. The SMILES string of the molecule is CCCCCCCCCCCCCCCCCCCC(=O)NCCNC(=O)CCC(=O)NCCCN(C)C. The third kappa shape index (κ3) is 28.9. The number of unbranched alkanes of at least 4 members (excludes halogenated alkanes) is 16. The van der Waals surface area contributed by atoms with Crippen LogP contribution in [-0.4, -0.2) is 62.9 Å². The Hall–Kier alpha value is -1.63. The van der Waals surface area contributed by atoms with Gasteiger partial charge < -0.3 is 20.9 Å². The van der Waals surface area contributed by atoms with Crippen molar-refractivity contribution in [2.45, 2.75) is 142 Å². The second-order valence-corrected chi connectivity index (χ2v) is 11.1. The molecule has 3 amide bonds. The largest absolute Gasteiger partial charge is 0.356 e. The van der Waals surface area contributed by atoms with Gasteiger partial charge in [0.1, 0.15) is 0 Å². The first-order valence-electron chi connectivity index (χ1n) is 15.9. The van der Waals surface area contributed by atoms with E-state index in [4.69, 9.17) is 0 Å². The van der Waals surface area contributed by atoms with Crippen LogP contribution in [0.4, 0.5) is 0 Å². The number of carbonyl (C=O) groups is 3. The molecule has 0 unspecified atom stereocenters. The van der Waals surface area contributed by atoms with Crippen molar-refractivity contribution in [1.29, 1.82) is 0 Å². The monoisotopic (exact) mass is 538 g/mol. The third-order valence-electron chi connectivity index (χ3n) is 6.96. The van der Waals surface area contributed by atoms with Gasteiger partial charge in [-0.25, -0.2) is 0 Å². The lowest BCUT2D eigenvalue weighted by atomic mass is 10.0. The van der Waals surface area contributed by atoms with Gasteiger partial charge >= 0.3 is 0 Å². The Morgan fingerprint density at radius 3 is 1.18 bits per heavy atom. The van der Waals surface area contributed by atoms with E-state index in [0.717, 1.165) is 25.8 Å². The van der Waals surface area contributed by atoms with Crippen molar-refractivity contribution >= 4 is 17.7 Å². The molecule has 0 bridgehead atoms. The fourth-order valence-corrected chi connectivity index (χ4v) is 4.53. The number of amides is 3. The van der Waals surface area contributed by atoms with Crippen molar-refractivity contribution in [3.05, 3.63) is 0 Å². The van der Waals surface area contributed by atoms with Crippen LogP contribution in [0, 0.1) is 0 Å². The minimum Gasteiger partial charge on any atom is -0.356 e. The summed E-state index contributed by atoms with van der Waals surface area (Å²) in [7, 11) is 3.99. The Balaban J connectivity index is 3.35. The molecule has 0 aromatic rings. The lowest BCUT2D eigenvalue weighted by Gasteiger charge is -2.10. The zero-order valence-electron chi connectivity index (χ0n) is 25.3. The highest BCUT2D eigenvalue weighted by Crippen LogP contribution is 2.14. The molecular formula is C31H62N4O3. The van der Waals surface area contributed by atoms with E-state index in [1.807, 2.05) is 14.1 Å². The Morgan fingerprint density at radius 2 is 0.789 bits per heavy atom. The summed E-state index contributed by atoms with van der Waals surface area (Å²) in [6, 6.07) is 0. The fourth-order valence-electron chi connectivity index (χ4n) is 4.53. The summed E-state index contributed by atoms with van der Waals surface area (Å²) in [5.41, 5.74) is 0. The Kier molecular flexibility index (Phi) is 27.2. The second kappa shape index (κ2) is 28.4. The van der Waals surface area contributed by atoms with Crippen molar-refractivity contribution in [3.8, 4) is 0 Å². The van der Waals surface area contributed by atoms with Crippen LogP contribution in [-0.2, 0) is 14.4 Å². The molecule has 7 nitrogen and oxygen atoms in total. The summed E-state index contributed by atoms with van der Waals surface area (Å²) in [6.45, 7) is 4.66. The third-order valence-corrected chi connectivity index (χ3v) is 6.96. The molecule has 0 heterocycles. The highest BCUT2D eigenvalue weighted by atomic mass is 16.2. The molecule has 0 fully saturated rings. The topological polar surface area (TPSA) is 90.5 Å². The molecule has 0 radical (unpaired) electrons. The lowest BCUT2D eigenvalue weighted by Crippen LogP contribution is -2.35. The molecule has 38 heavy (non-hydrogen) atoms. The second-order valence-electron chi connectivity index (χ2n) is 11.1. The summed E-state index contributed by atoms with van der Waals surface area (Å²) in [5, 5.41) is 8.45. The number of rotatable bonds is 28. The van der Waals surface area contributed by atoms with E-state index in [9.17, 15) is 14.4 Å². The van der Waals surface area contributed by atoms with Gasteiger partial charge in [-0.05, 0) is 33.5 Å². The first-order valence-corrected chi connectivity index (χ1v) is 15.9. The fraction of sp³-hybridized carbons (Fsp3) is 0.903. The predicted molar refractivity (Wildman–Crippen MR) is 160 cm³/mol. The standard InChI is InChI=1S/C31H62N4O3/c1-4-5-6-7-8-9-10-11-12-13-14-15-16-17-18-19-20-22-29(36)33-26-27-34-31(38)24-23-30(37)32-25-21-28-35(2)3/h4-28H2,1-3H3,(H,32,37)(H,33,36)(H,34,38). The lowest BCUT2D eigenvalue weighted by molar-refractivity contribution is -0.126.